The van der Waals surface area contributed by atoms with Crippen LogP contribution in [0.5, 0.6) is 11.5 Å². The Morgan fingerprint density at radius 1 is 1.08 bits per heavy atom. The van der Waals surface area contributed by atoms with E-state index >= 15 is 0 Å². The molecule has 0 bridgehead atoms. The second kappa shape index (κ2) is 16.1. The summed E-state index contributed by atoms with van der Waals surface area (Å²) in [5.41, 5.74) is 3.25. The highest BCUT2D eigenvalue weighted by molar-refractivity contribution is 6.32. The third kappa shape index (κ3) is 8.68. The number of halogens is 1. The summed E-state index contributed by atoms with van der Waals surface area (Å²) in [5.74, 6) is 1.61. The Labute approximate surface area is 302 Å². The fourth-order valence-electron chi connectivity index (χ4n) is 6.61. The van der Waals surface area contributed by atoms with Gasteiger partial charge in [0.15, 0.2) is 0 Å². The third-order valence-corrected chi connectivity index (χ3v) is 9.29. The summed E-state index contributed by atoms with van der Waals surface area (Å²) in [6.07, 6.45) is 7.99. The van der Waals surface area contributed by atoms with Crippen LogP contribution in [-0.4, -0.2) is 78.2 Å². The zero-order valence-corrected chi connectivity index (χ0v) is 29.5. The zero-order chi connectivity index (χ0) is 35.9. The summed E-state index contributed by atoms with van der Waals surface area (Å²) in [7, 11) is 3.38. The molecule has 2 N–H and O–H groups in total. The molecule has 12 nitrogen and oxygen atoms in total. The number of nitrogens with zero attached hydrogens (tertiary/aromatic N) is 5. The number of fused-ring (bicyclic) bond motifs is 2. The van der Waals surface area contributed by atoms with Gasteiger partial charge in [-0.15, -0.1) is 0 Å². The first-order valence-corrected chi connectivity index (χ1v) is 17.2. The lowest BCUT2D eigenvalue weighted by atomic mass is 10.0. The van der Waals surface area contributed by atoms with Crippen molar-refractivity contribution in [1.29, 1.82) is 5.26 Å². The molecule has 1 saturated heterocycles. The van der Waals surface area contributed by atoms with E-state index in [1.54, 1.807) is 50.6 Å². The van der Waals surface area contributed by atoms with Gasteiger partial charge in [0, 0.05) is 69.3 Å². The fourth-order valence-corrected chi connectivity index (χ4v) is 6.84. The van der Waals surface area contributed by atoms with E-state index in [-0.39, 0.29) is 24.7 Å². The molecule has 4 aromatic rings. The van der Waals surface area contributed by atoms with Gasteiger partial charge in [-0.3, -0.25) is 19.7 Å². The minimum atomic E-state index is -0.308. The second-order valence-electron chi connectivity index (χ2n) is 12.8. The Kier molecular flexibility index (Phi) is 11.2. The topological polar surface area (TPSA) is 142 Å². The Balaban J connectivity index is 1.13. The van der Waals surface area contributed by atoms with E-state index in [9.17, 15) is 14.9 Å². The van der Waals surface area contributed by atoms with Gasteiger partial charge in [-0.05, 0) is 68.0 Å². The molecule has 0 spiro atoms. The molecule has 2 aliphatic rings. The van der Waals surface area contributed by atoms with E-state index in [0.717, 1.165) is 31.6 Å². The van der Waals surface area contributed by atoms with E-state index in [4.69, 9.17) is 25.8 Å². The number of hydrogen-bond donors (Lipinski definition) is 2. The summed E-state index contributed by atoms with van der Waals surface area (Å²) in [4.78, 5) is 37.6. The molecular weight excluding hydrogens is 670 g/mol. The molecule has 2 amide bonds. The van der Waals surface area contributed by atoms with Crippen LogP contribution in [0.3, 0.4) is 0 Å². The first kappa shape index (κ1) is 35.4. The highest BCUT2D eigenvalue weighted by atomic mass is 35.5. The van der Waals surface area contributed by atoms with Gasteiger partial charge in [-0.2, -0.15) is 5.26 Å². The van der Waals surface area contributed by atoms with E-state index in [1.165, 1.54) is 17.2 Å². The molecule has 264 valence electrons. The number of anilines is 3. The van der Waals surface area contributed by atoms with Crippen molar-refractivity contribution in [1.82, 2.24) is 19.8 Å². The van der Waals surface area contributed by atoms with E-state index in [0.29, 0.717) is 75.0 Å². The molecule has 3 heterocycles. The SMILES string of the molecule is CCOc1cc2ncc(C#N)c(Nc3ccc(OCc4ccccn4)c(Cl)c3)c2cc1NC(=O)/C=C/CN1C[C@H]2CC(OC(=O)N(C)C)C[C@H]2C1. The van der Waals surface area contributed by atoms with Crippen molar-refractivity contribution >= 4 is 51.6 Å². The van der Waals surface area contributed by atoms with Crippen molar-refractivity contribution in [3.05, 3.63) is 89.4 Å². The summed E-state index contributed by atoms with van der Waals surface area (Å²) < 4.78 is 17.3. The van der Waals surface area contributed by atoms with Crippen LogP contribution in [0.1, 0.15) is 31.0 Å². The largest absolute Gasteiger partial charge is 0.492 e. The van der Waals surface area contributed by atoms with Crippen molar-refractivity contribution < 1.29 is 23.8 Å². The molecule has 1 aliphatic heterocycles. The Bertz CT molecular complexity index is 1950. The van der Waals surface area contributed by atoms with Crippen LogP contribution in [0.2, 0.25) is 5.02 Å². The van der Waals surface area contributed by atoms with Crippen molar-refractivity contribution in [3.8, 4) is 17.6 Å². The Morgan fingerprint density at radius 2 is 1.88 bits per heavy atom. The van der Waals surface area contributed by atoms with Crippen LogP contribution < -0.4 is 20.1 Å². The van der Waals surface area contributed by atoms with Gasteiger partial charge in [0.1, 0.15) is 30.3 Å². The van der Waals surface area contributed by atoms with Crippen LogP contribution in [0.4, 0.5) is 21.9 Å². The molecule has 1 saturated carbocycles. The van der Waals surface area contributed by atoms with E-state index in [1.807, 2.05) is 31.2 Å². The number of benzene rings is 2. The lowest BCUT2D eigenvalue weighted by Gasteiger charge is -2.19. The summed E-state index contributed by atoms with van der Waals surface area (Å²) in [6.45, 7) is 4.96. The molecule has 2 aromatic heterocycles. The van der Waals surface area contributed by atoms with Gasteiger partial charge < -0.3 is 29.7 Å². The first-order chi connectivity index (χ1) is 24.7. The summed E-state index contributed by atoms with van der Waals surface area (Å²) in [5, 5.41) is 17.3. The van der Waals surface area contributed by atoms with Crippen LogP contribution in [0.25, 0.3) is 10.9 Å². The minimum absolute atomic E-state index is 0.0314. The number of ether oxygens (including phenoxy) is 3. The van der Waals surface area contributed by atoms with Crippen molar-refractivity contribution in [2.24, 2.45) is 11.8 Å². The smallest absolute Gasteiger partial charge is 0.409 e. The van der Waals surface area contributed by atoms with Gasteiger partial charge in [-0.1, -0.05) is 23.7 Å². The number of rotatable bonds is 12. The molecule has 1 unspecified atom stereocenters. The lowest BCUT2D eigenvalue weighted by Crippen LogP contribution is -2.29. The minimum Gasteiger partial charge on any atom is -0.492 e. The molecular formula is C38H40ClN7O5. The quantitative estimate of drug-likeness (QED) is 0.151. The standard InChI is InChI=1S/C38H40ClN7O5/c1-4-49-35-18-32-30(17-33(35)44-36(47)9-7-13-46-21-24-14-29(15-25(24)22-46)51-38(48)45(2)3)37(26(19-40)20-42-32)43-27-10-11-34(31(39)16-27)50-23-28-8-5-6-12-41-28/h5-12,16-18,20,24-25,29H,4,13-15,21-23H2,1-3H3,(H,42,43)(H,44,47)/b9-7+/t24-,25+,29?. The molecule has 6 rings (SSSR count). The maximum atomic E-state index is 13.1. The number of pyridine rings is 2. The molecule has 2 fully saturated rings. The molecule has 3 atom stereocenters. The second-order valence-corrected chi connectivity index (χ2v) is 13.2. The van der Waals surface area contributed by atoms with Crippen molar-refractivity contribution in [3.63, 3.8) is 0 Å². The number of carbonyl (C=O) groups excluding carboxylic acids is 2. The van der Waals surface area contributed by atoms with Gasteiger partial charge in [0.05, 0.1) is 39.8 Å². The first-order valence-electron chi connectivity index (χ1n) is 16.9. The van der Waals surface area contributed by atoms with Crippen LogP contribution in [-0.2, 0) is 16.1 Å². The number of hydrogen-bond acceptors (Lipinski definition) is 10. The maximum Gasteiger partial charge on any atom is 0.409 e. The van der Waals surface area contributed by atoms with Crippen LogP contribution >= 0.6 is 11.6 Å². The monoisotopic (exact) mass is 709 g/mol. The number of aromatic nitrogens is 2. The normalized spacial score (nSPS) is 18.3. The zero-order valence-electron chi connectivity index (χ0n) is 28.8. The molecule has 1 aliphatic carbocycles. The Morgan fingerprint density at radius 3 is 2.57 bits per heavy atom. The van der Waals surface area contributed by atoms with Gasteiger partial charge >= 0.3 is 6.09 Å². The fraction of sp³-hybridized carbons (Fsp3) is 0.342. The Hall–Kier alpha value is -5.38. The van der Waals surface area contributed by atoms with Gasteiger partial charge in [-0.25, -0.2) is 4.79 Å². The number of amides is 2. The predicted molar refractivity (Wildman–Crippen MR) is 195 cm³/mol. The lowest BCUT2D eigenvalue weighted by molar-refractivity contribution is -0.111. The number of carbonyl (C=O) groups is 2. The third-order valence-electron chi connectivity index (χ3n) is 9.00. The molecule has 51 heavy (non-hydrogen) atoms. The number of nitrogens with one attached hydrogen (secondary N) is 2. The highest BCUT2D eigenvalue weighted by Crippen LogP contribution is 2.40. The average molecular weight is 710 g/mol. The summed E-state index contributed by atoms with van der Waals surface area (Å²) >= 11 is 6.58. The van der Waals surface area contributed by atoms with Gasteiger partial charge in [0.2, 0.25) is 5.91 Å². The van der Waals surface area contributed by atoms with Gasteiger partial charge in [0.25, 0.3) is 0 Å². The van der Waals surface area contributed by atoms with Crippen LogP contribution in [0.15, 0.2) is 73.1 Å². The average Bonchev–Trinajstić information content (AvgIpc) is 3.67. The van der Waals surface area contributed by atoms with Crippen LogP contribution in [0, 0.1) is 23.2 Å². The summed E-state index contributed by atoms with van der Waals surface area (Å²) in [6, 6.07) is 16.6. The maximum absolute atomic E-state index is 13.1. The number of nitriles is 1. The van der Waals surface area contributed by atoms with Crippen molar-refractivity contribution in [2.45, 2.75) is 32.5 Å². The molecule has 13 heteroatoms. The predicted octanol–water partition coefficient (Wildman–Crippen LogP) is 6.78. The molecule has 0 radical (unpaired) electrons. The highest BCUT2D eigenvalue weighted by Gasteiger charge is 2.42. The van der Waals surface area contributed by atoms with E-state index in [2.05, 4.69) is 31.6 Å². The number of likely N-dealkylation sites (tertiary alicyclic amines) is 1. The van der Waals surface area contributed by atoms with Crippen molar-refractivity contribution in [2.75, 3.05) is 51.0 Å². The molecule has 2 aromatic carbocycles. The van der Waals surface area contributed by atoms with E-state index < -0.39 is 0 Å².